The Balaban J connectivity index is 1.50. The summed E-state index contributed by atoms with van der Waals surface area (Å²) in [5.74, 6) is 4.03. The molecule has 0 unspecified atom stereocenters. The van der Waals surface area contributed by atoms with Crippen molar-refractivity contribution in [2.24, 2.45) is 40.4 Å². The molecule has 0 radical (unpaired) electrons. The molecule has 3 fully saturated rings. The second-order valence-corrected chi connectivity index (χ2v) is 12.3. The largest absolute Gasteiger partial charge is 0.462 e. The summed E-state index contributed by atoms with van der Waals surface area (Å²) in [6, 6.07) is 0. The van der Waals surface area contributed by atoms with E-state index in [1.807, 2.05) is 0 Å². The Morgan fingerprint density at radius 3 is 2.61 bits per heavy atom. The van der Waals surface area contributed by atoms with Crippen molar-refractivity contribution in [2.45, 2.75) is 112 Å². The first-order valence-corrected chi connectivity index (χ1v) is 13.2. The number of allylic oxidation sites excluding steroid dienone is 3. The molecule has 31 heavy (non-hydrogen) atoms. The average Bonchev–Trinajstić information content (AvgIpc) is 3.05. The summed E-state index contributed by atoms with van der Waals surface area (Å²) in [6.07, 6.45) is 17.9. The number of fused-ring (bicyclic) bond motifs is 5. The van der Waals surface area contributed by atoms with Gasteiger partial charge in [0.15, 0.2) is 0 Å². The van der Waals surface area contributed by atoms with Crippen LogP contribution in [0, 0.1) is 40.4 Å². The number of esters is 1. The Bertz CT molecular complexity index is 746. The number of hydrogen-bond donors (Lipinski definition) is 0. The van der Waals surface area contributed by atoms with Crippen LogP contribution in [0.1, 0.15) is 106 Å². The first-order valence-electron chi connectivity index (χ1n) is 13.2. The van der Waals surface area contributed by atoms with E-state index in [1.54, 1.807) is 18.1 Å². The molecule has 0 heterocycles. The lowest BCUT2D eigenvalue weighted by Crippen LogP contribution is -2.50. The minimum absolute atomic E-state index is 0.108. The van der Waals surface area contributed by atoms with Gasteiger partial charge in [0.05, 0.1) is 0 Å². The molecule has 0 saturated heterocycles. The van der Waals surface area contributed by atoms with Gasteiger partial charge in [-0.2, -0.15) is 0 Å². The molecule has 3 saturated carbocycles. The van der Waals surface area contributed by atoms with Crippen LogP contribution in [0.25, 0.3) is 0 Å². The minimum atomic E-state index is -0.120. The van der Waals surface area contributed by atoms with Crippen molar-refractivity contribution in [3.05, 3.63) is 23.3 Å². The molecule has 0 aliphatic heterocycles. The number of ether oxygens (including phenoxy) is 1. The molecule has 2 nitrogen and oxygen atoms in total. The Morgan fingerprint density at radius 2 is 1.90 bits per heavy atom. The van der Waals surface area contributed by atoms with Crippen molar-refractivity contribution in [1.82, 2.24) is 0 Å². The predicted molar refractivity (Wildman–Crippen MR) is 129 cm³/mol. The van der Waals surface area contributed by atoms with Gasteiger partial charge in [0.2, 0.25) is 0 Å². The van der Waals surface area contributed by atoms with E-state index < -0.39 is 0 Å². The molecular weight excluding hydrogens is 380 g/mol. The fourth-order valence-electron chi connectivity index (χ4n) is 8.50. The molecular formula is C29H46O2. The Labute approximate surface area is 191 Å². The molecule has 0 bridgehead atoms. The lowest BCUT2D eigenvalue weighted by Gasteiger charge is -2.58. The minimum Gasteiger partial charge on any atom is -0.462 e. The summed E-state index contributed by atoms with van der Waals surface area (Å²) >= 11 is 0. The van der Waals surface area contributed by atoms with Crippen LogP contribution in [0.15, 0.2) is 23.3 Å². The first-order chi connectivity index (χ1) is 14.6. The zero-order valence-electron chi connectivity index (χ0n) is 21.0. The van der Waals surface area contributed by atoms with Crippen molar-refractivity contribution in [1.29, 1.82) is 0 Å². The van der Waals surface area contributed by atoms with Crippen LogP contribution in [-0.2, 0) is 9.53 Å². The standard InChI is InChI=1S/C29H46O2/c1-19(2)8-7-9-20(3)25-12-13-26-24-11-10-22-18-23(31-21(4)30)14-16-28(22,5)27(24)15-17-29(25,26)6/h9-10,19,23-27H,7-8,11-18H2,1-6H3/b20-9+/t23-,24-,25+,26-,27-,28-,29+/m0/s1. The fraction of sp³-hybridized carbons (Fsp3) is 0.828. The fourth-order valence-corrected chi connectivity index (χ4v) is 8.50. The maximum Gasteiger partial charge on any atom is 0.302 e. The highest BCUT2D eigenvalue weighted by Gasteiger charge is 2.58. The molecule has 174 valence electrons. The molecule has 0 spiro atoms. The van der Waals surface area contributed by atoms with Crippen LogP contribution in [0.3, 0.4) is 0 Å². The second kappa shape index (κ2) is 8.71. The van der Waals surface area contributed by atoms with E-state index in [9.17, 15) is 4.79 Å². The normalized spacial score (nSPS) is 42.5. The van der Waals surface area contributed by atoms with E-state index in [0.717, 1.165) is 42.4 Å². The highest BCUT2D eigenvalue weighted by atomic mass is 16.5. The summed E-state index contributed by atoms with van der Waals surface area (Å²) in [4.78, 5) is 11.5. The van der Waals surface area contributed by atoms with Crippen molar-refractivity contribution < 1.29 is 9.53 Å². The molecule has 4 aliphatic rings. The Kier molecular flexibility index (Phi) is 6.50. The predicted octanol–water partition coefficient (Wildman–Crippen LogP) is 7.88. The van der Waals surface area contributed by atoms with E-state index >= 15 is 0 Å². The van der Waals surface area contributed by atoms with Gasteiger partial charge < -0.3 is 4.74 Å². The highest BCUT2D eigenvalue weighted by molar-refractivity contribution is 5.66. The van der Waals surface area contributed by atoms with Crippen LogP contribution in [-0.4, -0.2) is 12.1 Å². The smallest absolute Gasteiger partial charge is 0.302 e. The molecule has 2 heteroatoms. The number of hydrogen-bond acceptors (Lipinski definition) is 2. The zero-order valence-corrected chi connectivity index (χ0v) is 21.0. The zero-order chi connectivity index (χ0) is 22.4. The molecule has 4 rings (SSSR count). The first kappa shape index (κ1) is 23.1. The van der Waals surface area contributed by atoms with Gasteiger partial charge in [-0.15, -0.1) is 0 Å². The summed E-state index contributed by atoms with van der Waals surface area (Å²) in [5.41, 5.74) is 4.12. The summed E-state index contributed by atoms with van der Waals surface area (Å²) in [5, 5.41) is 0. The summed E-state index contributed by atoms with van der Waals surface area (Å²) < 4.78 is 5.61. The van der Waals surface area contributed by atoms with E-state index in [-0.39, 0.29) is 12.1 Å². The van der Waals surface area contributed by atoms with E-state index in [4.69, 9.17) is 4.74 Å². The van der Waals surface area contributed by atoms with Gasteiger partial charge in [0, 0.05) is 13.3 Å². The molecule has 4 aliphatic carbocycles. The van der Waals surface area contributed by atoms with Crippen molar-refractivity contribution in [2.75, 3.05) is 0 Å². The third-order valence-electron chi connectivity index (χ3n) is 10.2. The molecule has 0 N–H and O–H groups in total. The van der Waals surface area contributed by atoms with Crippen LogP contribution < -0.4 is 0 Å². The summed E-state index contributed by atoms with van der Waals surface area (Å²) in [7, 11) is 0. The van der Waals surface area contributed by atoms with Gasteiger partial charge in [-0.25, -0.2) is 0 Å². The molecule has 0 aromatic rings. The van der Waals surface area contributed by atoms with Crippen molar-refractivity contribution in [3.8, 4) is 0 Å². The van der Waals surface area contributed by atoms with Gasteiger partial charge in [-0.1, -0.05) is 51.0 Å². The summed E-state index contributed by atoms with van der Waals surface area (Å²) in [6.45, 7) is 13.8. The highest BCUT2D eigenvalue weighted by Crippen LogP contribution is 2.67. The number of carbonyl (C=O) groups excluding carboxylic acids is 1. The van der Waals surface area contributed by atoms with Gasteiger partial charge in [-0.05, 0) is 105 Å². The van der Waals surface area contributed by atoms with Gasteiger partial charge in [0.1, 0.15) is 6.10 Å². The lowest BCUT2D eigenvalue weighted by molar-refractivity contribution is -0.148. The van der Waals surface area contributed by atoms with Crippen LogP contribution in [0.5, 0.6) is 0 Å². The van der Waals surface area contributed by atoms with Crippen molar-refractivity contribution >= 4 is 5.97 Å². The number of rotatable bonds is 5. The van der Waals surface area contributed by atoms with Crippen molar-refractivity contribution in [3.63, 3.8) is 0 Å². The maximum absolute atomic E-state index is 11.5. The number of carbonyl (C=O) groups is 1. The third-order valence-corrected chi connectivity index (χ3v) is 10.2. The monoisotopic (exact) mass is 426 g/mol. The van der Waals surface area contributed by atoms with Gasteiger partial charge >= 0.3 is 5.97 Å². The quantitative estimate of drug-likeness (QED) is 0.330. The average molecular weight is 427 g/mol. The molecule has 0 aromatic carbocycles. The van der Waals surface area contributed by atoms with Crippen LogP contribution in [0.4, 0.5) is 0 Å². The third kappa shape index (κ3) is 4.18. The van der Waals surface area contributed by atoms with Gasteiger partial charge in [0.25, 0.3) is 0 Å². The lowest BCUT2D eigenvalue weighted by atomic mass is 9.47. The van der Waals surface area contributed by atoms with Crippen LogP contribution in [0.2, 0.25) is 0 Å². The molecule has 0 aromatic heterocycles. The molecule has 7 atom stereocenters. The van der Waals surface area contributed by atoms with Gasteiger partial charge in [-0.3, -0.25) is 4.79 Å². The van der Waals surface area contributed by atoms with Crippen LogP contribution >= 0.6 is 0 Å². The Hall–Kier alpha value is -1.05. The maximum atomic E-state index is 11.5. The second-order valence-electron chi connectivity index (χ2n) is 12.3. The van der Waals surface area contributed by atoms with E-state index in [0.29, 0.717) is 10.8 Å². The van der Waals surface area contributed by atoms with E-state index in [1.165, 1.54) is 51.4 Å². The molecule has 0 amide bonds. The SMILES string of the molecule is CC(=O)O[C@H]1CC[C@@]2(C)C(=CC[C@H]3[C@@H]4CC[C@H](/C(C)=C/CCC(C)C)[C@@]4(C)CC[C@@H]32)C1. The Morgan fingerprint density at radius 1 is 1.13 bits per heavy atom. The topological polar surface area (TPSA) is 26.3 Å². The van der Waals surface area contributed by atoms with E-state index in [2.05, 4.69) is 46.8 Å².